The van der Waals surface area contributed by atoms with E-state index < -0.39 is 41.1 Å². The van der Waals surface area contributed by atoms with Crippen molar-refractivity contribution in [2.24, 2.45) is 0 Å². The number of unbranched alkanes of at least 4 members (excludes halogenated alkanes) is 11. The molecule has 0 bridgehead atoms. The first kappa shape index (κ1) is 29.8. The Morgan fingerprint density at radius 1 is 0.576 bits per heavy atom. The molecule has 0 saturated heterocycles. The van der Waals surface area contributed by atoms with Gasteiger partial charge in [-0.15, -0.1) is 0 Å². The fourth-order valence-electron chi connectivity index (χ4n) is 4.03. The number of aliphatic hydroxyl groups excluding tert-OH is 1. The quantitative estimate of drug-likeness (QED) is 0.0708. The van der Waals surface area contributed by atoms with Gasteiger partial charge in [-0.3, -0.25) is 0 Å². The van der Waals surface area contributed by atoms with E-state index in [1.165, 1.54) is 32.1 Å². The van der Waals surface area contributed by atoms with Crippen molar-refractivity contribution in [1.82, 2.24) is 0 Å². The minimum atomic E-state index is -2.13. The third-order valence-corrected chi connectivity index (χ3v) is 5.95. The fourth-order valence-corrected chi connectivity index (χ4v) is 4.03. The van der Waals surface area contributed by atoms with Gasteiger partial charge in [0, 0.05) is 5.56 Å². The van der Waals surface area contributed by atoms with Crippen LogP contribution in [0.25, 0.3) is 0 Å². The highest BCUT2D eigenvalue weighted by molar-refractivity contribution is 5.24. The molecule has 33 heavy (non-hydrogen) atoms. The van der Waals surface area contributed by atoms with Crippen molar-refractivity contribution in [3.8, 4) is 0 Å². The Balaban J connectivity index is 2.20. The van der Waals surface area contributed by atoms with Crippen molar-refractivity contribution in [1.29, 1.82) is 0 Å². The van der Waals surface area contributed by atoms with Crippen LogP contribution in [0, 0.1) is 29.1 Å². The maximum Gasteiger partial charge on any atom is 0.266 e. The first-order chi connectivity index (χ1) is 15.8. The highest BCUT2D eigenvalue weighted by Crippen LogP contribution is 2.25. The van der Waals surface area contributed by atoms with Gasteiger partial charge in [0.1, 0.15) is 0 Å². The zero-order valence-corrected chi connectivity index (χ0v) is 19.7. The van der Waals surface area contributed by atoms with Gasteiger partial charge >= 0.3 is 0 Å². The molecule has 1 atom stereocenters. The summed E-state index contributed by atoms with van der Waals surface area (Å²) in [5.74, 6) is -9.42. The molecule has 1 aromatic carbocycles. The zero-order chi connectivity index (χ0) is 24.6. The number of aliphatic hydroxyl groups is 2. The highest BCUT2D eigenvalue weighted by Gasteiger charge is 2.25. The molecule has 0 amide bonds. The lowest BCUT2D eigenvalue weighted by Crippen LogP contribution is -2.21. The van der Waals surface area contributed by atoms with Crippen LogP contribution in [0.4, 0.5) is 22.0 Å². The number of halogens is 5. The Kier molecular flexibility index (Phi) is 15.5. The van der Waals surface area contributed by atoms with Crippen LogP contribution in [0.2, 0.25) is 0 Å². The van der Waals surface area contributed by atoms with E-state index in [1.807, 2.05) is 0 Å². The molecule has 1 unspecified atom stereocenters. The standard InChI is InChI=1S/C25H39F5O3/c1-2-3-4-5-6-9-12-15-18(33-25(31)32)16-13-10-7-8-11-14-17-19-20(26)22(28)24(30)23(29)21(19)27/h18,25,31-32H,2-17H2,1H3. The molecule has 0 fully saturated rings. The van der Waals surface area contributed by atoms with Gasteiger partial charge in [0.15, 0.2) is 23.3 Å². The van der Waals surface area contributed by atoms with Crippen molar-refractivity contribution in [2.75, 3.05) is 0 Å². The molecular weight excluding hydrogens is 443 g/mol. The monoisotopic (exact) mass is 482 g/mol. The normalized spacial score (nSPS) is 12.6. The first-order valence-electron chi connectivity index (χ1n) is 12.3. The molecule has 0 aliphatic heterocycles. The Bertz CT molecular complexity index is 641. The van der Waals surface area contributed by atoms with Crippen molar-refractivity contribution in [3.63, 3.8) is 0 Å². The molecular formula is C25H39F5O3. The van der Waals surface area contributed by atoms with Gasteiger partial charge in [-0.05, 0) is 25.7 Å². The summed E-state index contributed by atoms with van der Waals surface area (Å²) >= 11 is 0. The molecule has 192 valence electrons. The second-order valence-electron chi connectivity index (χ2n) is 8.70. The molecule has 0 aliphatic carbocycles. The predicted octanol–water partition coefficient (Wildman–Crippen LogP) is 7.45. The van der Waals surface area contributed by atoms with Gasteiger partial charge in [0.25, 0.3) is 6.48 Å². The number of rotatable bonds is 19. The number of hydrogen-bond acceptors (Lipinski definition) is 3. The third kappa shape index (κ3) is 11.6. The molecule has 1 aromatic rings. The molecule has 0 aliphatic rings. The second-order valence-corrected chi connectivity index (χ2v) is 8.70. The van der Waals surface area contributed by atoms with E-state index in [1.54, 1.807) is 0 Å². The topological polar surface area (TPSA) is 49.7 Å². The van der Waals surface area contributed by atoms with Crippen LogP contribution in [-0.4, -0.2) is 22.8 Å². The smallest absolute Gasteiger partial charge is 0.266 e. The number of hydrogen-bond donors (Lipinski definition) is 2. The van der Waals surface area contributed by atoms with E-state index in [9.17, 15) is 22.0 Å². The molecule has 0 heterocycles. The molecule has 2 N–H and O–H groups in total. The van der Waals surface area contributed by atoms with Gasteiger partial charge in [-0.2, -0.15) is 0 Å². The molecule has 1 rings (SSSR count). The Morgan fingerprint density at radius 3 is 1.42 bits per heavy atom. The lowest BCUT2D eigenvalue weighted by atomic mass is 10.0. The van der Waals surface area contributed by atoms with E-state index in [-0.39, 0.29) is 12.5 Å². The maximum atomic E-state index is 13.7. The molecule has 8 heteroatoms. The lowest BCUT2D eigenvalue weighted by molar-refractivity contribution is -0.257. The van der Waals surface area contributed by atoms with Crippen LogP contribution in [0.5, 0.6) is 0 Å². The second kappa shape index (κ2) is 17.2. The van der Waals surface area contributed by atoms with Crippen molar-refractivity contribution in [3.05, 3.63) is 34.6 Å². The van der Waals surface area contributed by atoms with E-state index >= 15 is 0 Å². The summed E-state index contributed by atoms with van der Waals surface area (Å²) in [4.78, 5) is 0. The summed E-state index contributed by atoms with van der Waals surface area (Å²) in [6.45, 7) is 0.407. The van der Waals surface area contributed by atoms with Crippen LogP contribution in [-0.2, 0) is 11.2 Å². The minimum Gasteiger partial charge on any atom is -0.346 e. The van der Waals surface area contributed by atoms with Crippen LogP contribution < -0.4 is 0 Å². The average molecular weight is 483 g/mol. The van der Waals surface area contributed by atoms with E-state index in [0.29, 0.717) is 12.8 Å². The largest absolute Gasteiger partial charge is 0.346 e. The average Bonchev–Trinajstić information content (AvgIpc) is 2.78. The molecule has 0 aromatic heterocycles. The molecule has 0 saturated carbocycles. The molecule has 3 nitrogen and oxygen atoms in total. The summed E-state index contributed by atoms with van der Waals surface area (Å²) in [6, 6.07) is 0. The lowest BCUT2D eigenvalue weighted by Gasteiger charge is -2.19. The van der Waals surface area contributed by atoms with E-state index in [0.717, 1.165) is 51.4 Å². The van der Waals surface area contributed by atoms with Crippen molar-refractivity contribution >= 4 is 0 Å². The number of ether oxygens (including phenoxy) is 1. The van der Waals surface area contributed by atoms with Gasteiger partial charge < -0.3 is 14.9 Å². The first-order valence-corrected chi connectivity index (χ1v) is 12.3. The summed E-state index contributed by atoms with van der Waals surface area (Å²) in [5.41, 5.74) is -0.751. The number of benzene rings is 1. The van der Waals surface area contributed by atoms with E-state index in [2.05, 4.69) is 6.92 Å². The third-order valence-electron chi connectivity index (χ3n) is 5.95. The SMILES string of the molecule is CCCCCCCCCC(CCCCCCCCc1c(F)c(F)c(F)c(F)c1F)OC(O)O. The van der Waals surface area contributed by atoms with Gasteiger partial charge in [0.05, 0.1) is 6.10 Å². The van der Waals surface area contributed by atoms with Gasteiger partial charge in [-0.25, -0.2) is 22.0 Å². The minimum absolute atomic E-state index is 0.199. The Labute approximate surface area is 194 Å². The van der Waals surface area contributed by atoms with Crippen molar-refractivity contribution in [2.45, 2.75) is 122 Å². The van der Waals surface area contributed by atoms with E-state index in [4.69, 9.17) is 14.9 Å². The predicted molar refractivity (Wildman–Crippen MR) is 118 cm³/mol. The Morgan fingerprint density at radius 2 is 0.970 bits per heavy atom. The van der Waals surface area contributed by atoms with Crippen LogP contribution in [0.15, 0.2) is 0 Å². The zero-order valence-electron chi connectivity index (χ0n) is 19.7. The van der Waals surface area contributed by atoms with Gasteiger partial charge in [0.2, 0.25) is 5.82 Å². The summed E-state index contributed by atoms with van der Waals surface area (Å²) in [5, 5.41) is 18.2. The van der Waals surface area contributed by atoms with Crippen LogP contribution in [0.1, 0.15) is 109 Å². The van der Waals surface area contributed by atoms with Crippen LogP contribution >= 0.6 is 0 Å². The summed E-state index contributed by atoms with van der Waals surface area (Å²) in [6.07, 6.45) is 13.7. The Hall–Kier alpha value is -1.25. The summed E-state index contributed by atoms with van der Waals surface area (Å²) < 4.78 is 72.0. The van der Waals surface area contributed by atoms with Crippen LogP contribution in [0.3, 0.4) is 0 Å². The van der Waals surface area contributed by atoms with Gasteiger partial charge in [-0.1, -0.05) is 84.0 Å². The fraction of sp³-hybridized carbons (Fsp3) is 0.760. The maximum absolute atomic E-state index is 13.7. The molecule has 0 radical (unpaired) electrons. The van der Waals surface area contributed by atoms with Crippen molar-refractivity contribution < 1.29 is 36.9 Å². The summed E-state index contributed by atoms with van der Waals surface area (Å²) in [7, 11) is 0. The highest BCUT2D eigenvalue weighted by atomic mass is 19.2. The molecule has 0 spiro atoms.